The fourth-order valence-electron chi connectivity index (χ4n) is 2.84. The van der Waals surface area contributed by atoms with Gasteiger partial charge in [-0.1, -0.05) is 18.2 Å². The van der Waals surface area contributed by atoms with E-state index in [0.29, 0.717) is 12.1 Å². The third-order valence-electron chi connectivity index (χ3n) is 4.16. The molecule has 0 saturated heterocycles. The van der Waals surface area contributed by atoms with Crippen LogP contribution in [0.25, 0.3) is 11.3 Å². The van der Waals surface area contributed by atoms with Crippen LogP contribution in [0.5, 0.6) is 0 Å². The van der Waals surface area contributed by atoms with Gasteiger partial charge in [-0.15, -0.1) is 12.4 Å². The van der Waals surface area contributed by atoms with E-state index in [9.17, 15) is 21.2 Å². The van der Waals surface area contributed by atoms with Gasteiger partial charge in [-0.2, -0.15) is 0 Å². The van der Waals surface area contributed by atoms with Crippen LogP contribution in [0.4, 0.5) is 4.39 Å². The Morgan fingerprint density at radius 3 is 2.24 bits per heavy atom. The van der Waals surface area contributed by atoms with Crippen molar-refractivity contribution in [1.82, 2.24) is 9.29 Å². The molecule has 1 aromatic heterocycles. The first-order chi connectivity index (χ1) is 13.1. The Bertz CT molecular complexity index is 1240. The second-order valence-electron chi connectivity index (χ2n) is 6.29. The van der Waals surface area contributed by atoms with Crippen molar-refractivity contribution >= 4 is 32.3 Å². The van der Waals surface area contributed by atoms with E-state index in [0.717, 1.165) is 16.3 Å². The lowest BCUT2D eigenvalue weighted by Gasteiger charge is -2.12. The lowest BCUT2D eigenvalue weighted by molar-refractivity contribution is 0.587. The highest BCUT2D eigenvalue weighted by Crippen LogP contribution is 2.29. The molecule has 3 aromatic rings. The Morgan fingerprint density at radius 2 is 1.62 bits per heavy atom. The van der Waals surface area contributed by atoms with Gasteiger partial charge in [0.15, 0.2) is 9.84 Å². The average Bonchev–Trinajstić information content (AvgIpc) is 3.06. The van der Waals surface area contributed by atoms with Crippen LogP contribution in [0.1, 0.15) is 5.56 Å². The number of benzene rings is 2. The van der Waals surface area contributed by atoms with E-state index in [1.165, 1.54) is 42.6 Å². The van der Waals surface area contributed by atoms with Crippen LogP contribution in [0.3, 0.4) is 0 Å². The fourth-order valence-corrected chi connectivity index (χ4v) is 5.02. The molecule has 0 fully saturated rings. The van der Waals surface area contributed by atoms with Gasteiger partial charge < -0.3 is 5.32 Å². The van der Waals surface area contributed by atoms with Crippen molar-refractivity contribution in [3.63, 3.8) is 0 Å². The van der Waals surface area contributed by atoms with E-state index in [4.69, 9.17) is 0 Å². The van der Waals surface area contributed by atoms with Gasteiger partial charge in [-0.3, -0.25) is 0 Å². The van der Waals surface area contributed by atoms with Crippen molar-refractivity contribution in [1.29, 1.82) is 0 Å². The van der Waals surface area contributed by atoms with Gasteiger partial charge in [0.25, 0.3) is 10.0 Å². The summed E-state index contributed by atoms with van der Waals surface area (Å²) >= 11 is 0. The lowest BCUT2D eigenvalue weighted by Crippen LogP contribution is -2.14. The number of halogens is 2. The quantitative estimate of drug-likeness (QED) is 0.613. The highest BCUT2D eigenvalue weighted by molar-refractivity contribution is 7.91. The van der Waals surface area contributed by atoms with E-state index in [1.54, 1.807) is 19.2 Å². The number of nitrogens with zero attached hydrogens (tertiary/aromatic N) is 1. The van der Waals surface area contributed by atoms with Crippen LogP contribution in [0.15, 0.2) is 70.6 Å². The first kappa shape index (κ1) is 23.1. The molecule has 1 N–H and O–H groups in total. The van der Waals surface area contributed by atoms with Crippen LogP contribution < -0.4 is 5.32 Å². The Morgan fingerprint density at radius 1 is 0.966 bits per heavy atom. The molecule has 0 unspecified atom stereocenters. The summed E-state index contributed by atoms with van der Waals surface area (Å²) in [6.07, 6.45) is 2.41. The molecule has 6 nitrogen and oxygen atoms in total. The largest absolute Gasteiger partial charge is 0.316 e. The van der Waals surface area contributed by atoms with E-state index >= 15 is 0 Å². The van der Waals surface area contributed by atoms with Gasteiger partial charge in [0.2, 0.25) is 0 Å². The molecular formula is C19H20ClFN2O4S2. The summed E-state index contributed by atoms with van der Waals surface area (Å²) in [5.74, 6) is -0.557. The second kappa shape index (κ2) is 8.66. The Balaban J connectivity index is 0.00000300. The van der Waals surface area contributed by atoms with Crippen molar-refractivity contribution in [2.24, 2.45) is 0 Å². The van der Waals surface area contributed by atoms with Crippen LogP contribution in [-0.4, -0.2) is 34.1 Å². The fraction of sp³-hybridized carbons (Fsp3) is 0.158. The molecule has 0 bridgehead atoms. The maximum Gasteiger partial charge on any atom is 0.268 e. The SMILES string of the molecule is CNCc1cc(-c2ccccc2F)n(S(=O)(=O)c2cccc(S(C)(=O)=O)c2)c1.Cl. The minimum atomic E-state index is -4.16. The summed E-state index contributed by atoms with van der Waals surface area (Å²) < 4.78 is 65.5. The average molecular weight is 459 g/mol. The molecule has 0 aliphatic rings. The van der Waals surface area contributed by atoms with Crippen molar-refractivity contribution in [2.75, 3.05) is 13.3 Å². The smallest absolute Gasteiger partial charge is 0.268 e. The third kappa shape index (κ3) is 4.69. The first-order valence-electron chi connectivity index (χ1n) is 8.31. The summed E-state index contributed by atoms with van der Waals surface area (Å²) in [5, 5.41) is 2.93. The van der Waals surface area contributed by atoms with E-state index in [-0.39, 0.29) is 33.5 Å². The third-order valence-corrected chi connectivity index (χ3v) is 6.94. The number of nitrogens with one attached hydrogen (secondary N) is 1. The molecule has 1 heterocycles. The molecule has 0 radical (unpaired) electrons. The zero-order chi connectivity index (χ0) is 20.5. The number of sulfone groups is 1. The van der Waals surface area contributed by atoms with Crippen LogP contribution in [0, 0.1) is 5.82 Å². The van der Waals surface area contributed by atoms with Crippen molar-refractivity contribution in [3.05, 3.63) is 72.2 Å². The Kier molecular flexibility index (Phi) is 6.89. The normalized spacial score (nSPS) is 11.8. The summed E-state index contributed by atoms with van der Waals surface area (Å²) in [7, 11) is -6.03. The first-order valence-corrected chi connectivity index (χ1v) is 11.6. The number of hydrogen-bond donors (Lipinski definition) is 1. The molecule has 0 saturated carbocycles. The molecule has 3 rings (SSSR count). The molecule has 0 atom stereocenters. The summed E-state index contributed by atoms with van der Waals surface area (Å²) in [4.78, 5) is -0.303. The summed E-state index contributed by atoms with van der Waals surface area (Å²) in [6, 6.07) is 12.6. The highest BCUT2D eigenvalue weighted by Gasteiger charge is 2.24. The highest BCUT2D eigenvalue weighted by atomic mass is 35.5. The molecule has 0 aliphatic heterocycles. The summed E-state index contributed by atoms with van der Waals surface area (Å²) in [5.41, 5.74) is 0.935. The van der Waals surface area contributed by atoms with Gasteiger partial charge in [-0.25, -0.2) is 25.2 Å². The van der Waals surface area contributed by atoms with E-state index in [1.807, 2.05) is 0 Å². The minimum Gasteiger partial charge on any atom is -0.316 e. The van der Waals surface area contributed by atoms with Gasteiger partial charge in [-0.05, 0) is 49.0 Å². The number of rotatable bonds is 6. The minimum absolute atomic E-state index is 0. The van der Waals surface area contributed by atoms with Crippen molar-refractivity contribution < 1.29 is 21.2 Å². The maximum absolute atomic E-state index is 14.4. The molecule has 156 valence electrons. The van der Waals surface area contributed by atoms with Crippen molar-refractivity contribution in [2.45, 2.75) is 16.3 Å². The molecular weight excluding hydrogens is 439 g/mol. The van der Waals surface area contributed by atoms with E-state index in [2.05, 4.69) is 5.32 Å². The molecule has 0 amide bonds. The topological polar surface area (TPSA) is 85.2 Å². The zero-order valence-corrected chi connectivity index (χ0v) is 18.1. The Labute approximate surface area is 175 Å². The van der Waals surface area contributed by atoms with Gasteiger partial charge in [0.05, 0.1) is 15.5 Å². The van der Waals surface area contributed by atoms with Crippen LogP contribution >= 0.6 is 12.4 Å². The monoisotopic (exact) mass is 458 g/mol. The number of hydrogen-bond acceptors (Lipinski definition) is 5. The predicted molar refractivity (Wildman–Crippen MR) is 112 cm³/mol. The molecule has 0 aliphatic carbocycles. The van der Waals surface area contributed by atoms with E-state index < -0.39 is 25.7 Å². The Hall–Kier alpha value is -2.20. The second-order valence-corrected chi connectivity index (χ2v) is 10.1. The molecule has 0 spiro atoms. The van der Waals surface area contributed by atoms with Gasteiger partial charge in [0, 0.05) is 24.6 Å². The standard InChI is InChI=1S/C19H19FN2O4S2.ClH/c1-21-12-14-10-19(17-8-3-4-9-18(17)20)22(13-14)28(25,26)16-7-5-6-15(11-16)27(2,23)24;/h3-11,13,21H,12H2,1-2H3;1H. The predicted octanol–water partition coefficient (Wildman–Crippen LogP) is 3.08. The molecule has 29 heavy (non-hydrogen) atoms. The van der Waals surface area contributed by atoms with Crippen LogP contribution in [0.2, 0.25) is 0 Å². The summed E-state index contributed by atoms with van der Waals surface area (Å²) in [6.45, 7) is 0.382. The number of aromatic nitrogens is 1. The van der Waals surface area contributed by atoms with Gasteiger partial charge >= 0.3 is 0 Å². The zero-order valence-electron chi connectivity index (χ0n) is 15.7. The van der Waals surface area contributed by atoms with Crippen LogP contribution in [-0.2, 0) is 26.4 Å². The molecule has 10 heteroatoms. The maximum atomic E-state index is 14.4. The lowest BCUT2D eigenvalue weighted by atomic mass is 10.1. The van der Waals surface area contributed by atoms with Gasteiger partial charge in [0.1, 0.15) is 5.82 Å². The molecule has 2 aromatic carbocycles. The van der Waals surface area contributed by atoms with Crippen molar-refractivity contribution in [3.8, 4) is 11.3 Å².